The molecule has 84 valence electrons. The Hall–Kier alpha value is -1.40. The highest BCUT2D eigenvalue weighted by Gasteiger charge is 2.22. The van der Waals surface area contributed by atoms with Crippen LogP contribution in [0.3, 0.4) is 0 Å². The lowest BCUT2D eigenvalue weighted by Gasteiger charge is -2.19. The van der Waals surface area contributed by atoms with Gasteiger partial charge in [0.15, 0.2) is 6.29 Å². The summed E-state index contributed by atoms with van der Waals surface area (Å²) < 4.78 is 0. The molecule has 1 aliphatic carbocycles. The van der Waals surface area contributed by atoms with Crippen molar-refractivity contribution in [2.75, 3.05) is 0 Å². The fourth-order valence-corrected chi connectivity index (χ4v) is 1.29. The maximum absolute atomic E-state index is 10.6. The summed E-state index contributed by atoms with van der Waals surface area (Å²) in [5, 5.41) is 31.1. The fourth-order valence-electron chi connectivity index (χ4n) is 1.29. The van der Waals surface area contributed by atoms with Crippen LogP contribution in [0.15, 0.2) is 23.5 Å². The third-order valence-electron chi connectivity index (χ3n) is 2.16. The van der Waals surface area contributed by atoms with E-state index >= 15 is 0 Å². The molecule has 0 saturated heterocycles. The van der Waals surface area contributed by atoms with Gasteiger partial charge in [-0.3, -0.25) is 10.1 Å². The highest BCUT2D eigenvalue weighted by Crippen LogP contribution is 2.17. The summed E-state index contributed by atoms with van der Waals surface area (Å²) >= 11 is 0. The van der Waals surface area contributed by atoms with E-state index in [9.17, 15) is 10.1 Å². The molecule has 1 atom stereocenters. The first-order valence-electron chi connectivity index (χ1n) is 4.70. The van der Waals surface area contributed by atoms with E-state index in [1.807, 2.05) is 0 Å². The minimum atomic E-state index is -1.54. The Morgan fingerprint density at radius 3 is 2.60 bits per heavy atom. The predicted molar refractivity (Wildman–Crippen MR) is 53.2 cm³/mol. The normalized spacial score (nSPS) is 18.1. The summed E-state index contributed by atoms with van der Waals surface area (Å²) in [6, 6.07) is -0.641. The van der Waals surface area contributed by atoms with E-state index in [0.29, 0.717) is 18.5 Å². The predicted octanol–water partition coefficient (Wildman–Crippen LogP) is 0.114. The zero-order valence-corrected chi connectivity index (χ0v) is 8.38. The van der Waals surface area contributed by atoms with Crippen LogP contribution in [0, 0.1) is 10.1 Å². The molecule has 0 radical (unpaired) electrons. The van der Waals surface area contributed by atoms with Crippen LogP contribution >= 0.6 is 0 Å². The topological polar surface area (TPSA) is 95.6 Å². The maximum atomic E-state index is 10.6. The zero-order valence-electron chi connectivity index (χ0n) is 8.38. The molecule has 0 aromatic carbocycles. The van der Waals surface area contributed by atoms with Crippen molar-refractivity contribution in [3.8, 4) is 0 Å². The number of hydrogen-bond acceptors (Lipinski definition) is 5. The Bertz CT molecular complexity index is 309. The van der Waals surface area contributed by atoms with E-state index < -0.39 is 17.3 Å². The Morgan fingerprint density at radius 1 is 1.47 bits per heavy atom. The van der Waals surface area contributed by atoms with Crippen LogP contribution in [0.5, 0.6) is 0 Å². The molecule has 0 heterocycles. The minimum Gasteiger partial charge on any atom is -0.372 e. The van der Waals surface area contributed by atoms with Crippen molar-refractivity contribution >= 4 is 0 Å². The van der Waals surface area contributed by atoms with Crippen molar-refractivity contribution in [2.45, 2.75) is 32.1 Å². The average molecular weight is 214 g/mol. The van der Waals surface area contributed by atoms with Gasteiger partial charge in [0.2, 0.25) is 0 Å². The van der Waals surface area contributed by atoms with Gasteiger partial charge in [-0.25, -0.2) is 0 Å². The number of aliphatic hydroxyl groups is 2. The second-order valence-corrected chi connectivity index (χ2v) is 3.39. The summed E-state index contributed by atoms with van der Waals surface area (Å²) in [5.41, 5.74) is 0.348. The molecule has 0 bridgehead atoms. The molecule has 0 aromatic rings. The second-order valence-electron chi connectivity index (χ2n) is 3.39. The number of nitrogens with one attached hydrogen (secondary N) is 1. The molecule has 1 unspecified atom stereocenters. The first-order chi connectivity index (χ1) is 7.02. The highest BCUT2D eigenvalue weighted by atomic mass is 16.6. The summed E-state index contributed by atoms with van der Waals surface area (Å²) in [4.78, 5) is 10.2. The number of rotatable bonds is 4. The Labute approximate surface area is 87.1 Å². The Kier molecular flexibility index (Phi) is 3.81. The van der Waals surface area contributed by atoms with Crippen LogP contribution in [0.2, 0.25) is 0 Å². The SMILES string of the molecule is CC(NC1=CCCC=C1[N+](=O)[O-])C(O)O. The molecule has 0 saturated carbocycles. The van der Waals surface area contributed by atoms with E-state index in [-0.39, 0.29) is 5.70 Å². The van der Waals surface area contributed by atoms with Crippen LogP contribution in [0.4, 0.5) is 0 Å². The van der Waals surface area contributed by atoms with Crippen LogP contribution < -0.4 is 5.32 Å². The van der Waals surface area contributed by atoms with Crippen LogP contribution in [0.1, 0.15) is 19.8 Å². The van der Waals surface area contributed by atoms with E-state index in [1.54, 1.807) is 6.08 Å². The molecule has 1 aliphatic rings. The lowest BCUT2D eigenvalue weighted by Crippen LogP contribution is -2.38. The number of aliphatic hydroxyl groups excluding tert-OH is 1. The van der Waals surface area contributed by atoms with Crippen LogP contribution in [0.25, 0.3) is 0 Å². The van der Waals surface area contributed by atoms with Crippen molar-refractivity contribution in [1.82, 2.24) is 5.32 Å². The number of nitrogens with zero attached hydrogens (tertiary/aromatic N) is 1. The van der Waals surface area contributed by atoms with Crippen molar-refractivity contribution in [2.24, 2.45) is 0 Å². The quantitative estimate of drug-likeness (QED) is 0.351. The van der Waals surface area contributed by atoms with Crippen molar-refractivity contribution in [3.05, 3.63) is 33.7 Å². The Balaban J connectivity index is 2.72. The summed E-state index contributed by atoms with van der Waals surface area (Å²) in [6.45, 7) is 1.54. The van der Waals surface area contributed by atoms with Gasteiger partial charge in [0.25, 0.3) is 5.70 Å². The number of nitro groups is 1. The molecular weight excluding hydrogens is 200 g/mol. The number of hydrogen-bond donors (Lipinski definition) is 3. The van der Waals surface area contributed by atoms with Crippen molar-refractivity contribution in [3.63, 3.8) is 0 Å². The van der Waals surface area contributed by atoms with E-state index in [1.165, 1.54) is 13.0 Å². The van der Waals surface area contributed by atoms with Crippen molar-refractivity contribution in [1.29, 1.82) is 0 Å². The molecule has 0 spiro atoms. The molecule has 6 nitrogen and oxygen atoms in total. The van der Waals surface area contributed by atoms with Crippen LogP contribution in [-0.2, 0) is 0 Å². The van der Waals surface area contributed by atoms with Gasteiger partial charge in [-0.2, -0.15) is 0 Å². The molecule has 0 aliphatic heterocycles. The van der Waals surface area contributed by atoms with Crippen molar-refractivity contribution < 1.29 is 15.1 Å². The molecule has 1 rings (SSSR count). The molecule has 0 aromatic heterocycles. The molecule has 15 heavy (non-hydrogen) atoms. The van der Waals surface area contributed by atoms with Gasteiger partial charge in [0.1, 0.15) is 5.70 Å². The lowest BCUT2D eigenvalue weighted by atomic mass is 10.1. The summed E-state index contributed by atoms with van der Waals surface area (Å²) in [6.07, 6.45) is 3.03. The average Bonchev–Trinajstić information content (AvgIpc) is 2.18. The molecule has 0 amide bonds. The zero-order chi connectivity index (χ0) is 11.4. The third kappa shape index (κ3) is 3.03. The largest absolute Gasteiger partial charge is 0.372 e. The third-order valence-corrected chi connectivity index (χ3v) is 2.16. The molecule has 6 heteroatoms. The minimum absolute atomic E-state index is 0.00579. The molecule has 0 fully saturated rings. The van der Waals surface area contributed by atoms with Gasteiger partial charge >= 0.3 is 0 Å². The number of allylic oxidation sites excluding steroid dienone is 2. The first-order valence-corrected chi connectivity index (χ1v) is 4.70. The van der Waals surface area contributed by atoms with Gasteiger partial charge < -0.3 is 15.5 Å². The summed E-state index contributed by atoms with van der Waals surface area (Å²) in [5.74, 6) is 0. The van der Waals surface area contributed by atoms with Gasteiger partial charge in [-0.1, -0.05) is 6.08 Å². The standard InChI is InChI=1S/C9H14N2O4/c1-6(9(12)13)10-7-4-2-3-5-8(7)11(14)15/h4-6,9-10,12-13H,2-3H2,1H3. The van der Waals surface area contributed by atoms with Gasteiger partial charge in [-0.15, -0.1) is 0 Å². The monoisotopic (exact) mass is 214 g/mol. The van der Waals surface area contributed by atoms with Gasteiger partial charge in [0, 0.05) is 0 Å². The molecule has 3 N–H and O–H groups in total. The molecular formula is C9H14N2O4. The lowest BCUT2D eigenvalue weighted by molar-refractivity contribution is -0.422. The fraction of sp³-hybridized carbons (Fsp3) is 0.556. The Morgan fingerprint density at radius 2 is 2.07 bits per heavy atom. The van der Waals surface area contributed by atoms with E-state index in [2.05, 4.69) is 5.32 Å². The van der Waals surface area contributed by atoms with Crippen LogP contribution in [-0.4, -0.2) is 27.5 Å². The van der Waals surface area contributed by atoms with E-state index in [4.69, 9.17) is 10.2 Å². The first kappa shape index (κ1) is 11.7. The maximum Gasteiger partial charge on any atom is 0.288 e. The van der Waals surface area contributed by atoms with E-state index in [0.717, 1.165) is 0 Å². The van der Waals surface area contributed by atoms with Gasteiger partial charge in [0.05, 0.1) is 11.0 Å². The van der Waals surface area contributed by atoms with Gasteiger partial charge in [-0.05, 0) is 25.8 Å². The summed E-state index contributed by atoms with van der Waals surface area (Å²) in [7, 11) is 0. The second kappa shape index (κ2) is 4.90. The smallest absolute Gasteiger partial charge is 0.288 e. The highest BCUT2D eigenvalue weighted by molar-refractivity contribution is 5.27.